The molecule has 0 bridgehead atoms. The van der Waals surface area contributed by atoms with E-state index in [4.69, 9.17) is 23.4 Å². The Kier molecular flexibility index (Phi) is 8.00. The second kappa shape index (κ2) is 9.91. The first-order chi connectivity index (χ1) is 14.5. The number of fused-ring (bicyclic) bond motifs is 1. The van der Waals surface area contributed by atoms with E-state index in [1.165, 1.54) is 13.2 Å². The third kappa shape index (κ3) is 5.33. The number of esters is 1. The van der Waals surface area contributed by atoms with Crippen molar-refractivity contribution in [1.29, 1.82) is 0 Å². The summed E-state index contributed by atoms with van der Waals surface area (Å²) in [5.41, 5.74) is 2.90. The predicted octanol–water partition coefficient (Wildman–Crippen LogP) is 5.38. The largest absolute Gasteiger partial charge is 0.493 e. The number of allylic oxidation sites excluding steroid dienone is 1. The molecule has 1 aromatic rings. The van der Waals surface area contributed by atoms with E-state index in [0.29, 0.717) is 17.2 Å². The lowest BCUT2D eigenvalue weighted by atomic mass is 9.95. The highest BCUT2D eigenvalue weighted by molar-refractivity contribution is 6.74. The maximum absolute atomic E-state index is 11.8. The quantitative estimate of drug-likeness (QED) is 0.317. The lowest BCUT2D eigenvalue weighted by Crippen LogP contribution is -2.42. The van der Waals surface area contributed by atoms with Crippen LogP contribution in [0.3, 0.4) is 0 Å². The molecule has 0 saturated heterocycles. The Bertz CT molecular complexity index is 864. The van der Waals surface area contributed by atoms with E-state index in [-0.39, 0.29) is 5.04 Å². The highest BCUT2D eigenvalue weighted by Gasteiger charge is 2.42. The smallest absolute Gasteiger partial charge is 0.330 e. The molecular weight excluding hydrogens is 412 g/mol. The van der Waals surface area contributed by atoms with Crippen LogP contribution < -0.4 is 14.2 Å². The number of ether oxygens (including phenoxy) is 4. The molecule has 0 heterocycles. The molecule has 0 saturated carbocycles. The van der Waals surface area contributed by atoms with Gasteiger partial charge < -0.3 is 23.4 Å². The van der Waals surface area contributed by atoms with Crippen LogP contribution in [0, 0.1) is 0 Å². The van der Waals surface area contributed by atoms with E-state index in [1.54, 1.807) is 27.4 Å². The van der Waals surface area contributed by atoms with Gasteiger partial charge in [0.15, 0.2) is 19.8 Å². The van der Waals surface area contributed by atoms with Gasteiger partial charge >= 0.3 is 5.97 Å². The summed E-state index contributed by atoms with van der Waals surface area (Å²) in [6.45, 7) is 11.0. The predicted molar refractivity (Wildman–Crippen MR) is 125 cm³/mol. The number of hydrogen-bond donors (Lipinski definition) is 0. The minimum atomic E-state index is -2.19. The molecule has 0 aliphatic heterocycles. The third-order valence-electron chi connectivity index (χ3n) is 6.14. The van der Waals surface area contributed by atoms with Gasteiger partial charge in [-0.1, -0.05) is 26.8 Å². The zero-order valence-electron chi connectivity index (χ0n) is 20.3. The maximum atomic E-state index is 11.8. The van der Waals surface area contributed by atoms with Crippen molar-refractivity contribution in [2.75, 3.05) is 28.4 Å². The minimum absolute atomic E-state index is 0.000429. The molecule has 31 heavy (non-hydrogen) atoms. The fourth-order valence-electron chi connectivity index (χ4n) is 3.38. The van der Waals surface area contributed by atoms with Crippen molar-refractivity contribution in [3.05, 3.63) is 41.0 Å². The van der Waals surface area contributed by atoms with Crippen LogP contribution in [0.25, 0.3) is 0 Å². The average molecular weight is 449 g/mol. The van der Waals surface area contributed by atoms with Crippen molar-refractivity contribution >= 4 is 14.3 Å². The first-order valence-corrected chi connectivity index (χ1v) is 13.4. The van der Waals surface area contributed by atoms with Gasteiger partial charge in [-0.05, 0) is 54.3 Å². The molecule has 0 N–H and O–H groups in total. The van der Waals surface area contributed by atoms with Crippen molar-refractivity contribution < 1.29 is 28.2 Å². The van der Waals surface area contributed by atoms with Crippen LogP contribution >= 0.6 is 0 Å². The number of hydrogen-bond acceptors (Lipinski definition) is 6. The maximum Gasteiger partial charge on any atom is 0.330 e. The molecule has 1 aliphatic carbocycles. The summed E-state index contributed by atoms with van der Waals surface area (Å²) < 4.78 is 28.8. The number of methoxy groups -OCH3 is 4. The molecule has 2 rings (SSSR count). The van der Waals surface area contributed by atoms with E-state index in [2.05, 4.69) is 39.9 Å². The monoisotopic (exact) mass is 448 g/mol. The SMILES string of the molecule is COC(=O)/C=C/C1=CCCc2cc(OC)c(OC)c(OC)c2C1O[Si](C)(C)C(C)(C)C. The van der Waals surface area contributed by atoms with Crippen LogP contribution in [-0.2, 0) is 20.4 Å². The number of carbonyl (C=O) groups is 1. The Morgan fingerprint density at radius 2 is 1.71 bits per heavy atom. The lowest BCUT2D eigenvalue weighted by molar-refractivity contribution is -0.134. The fourth-order valence-corrected chi connectivity index (χ4v) is 4.57. The highest BCUT2D eigenvalue weighted by Crippen LogP contribution is 2.51. The molecule has 0 amide bonds. The van der Waals surface area contributed by atoms with E-state index < -0.39 is 20.4 Å². The Balaban J connectivity index is 2.76. The molecule has 172 valence electrons. The third-order valence-corrected chi connectivity index (χ3v) is 10.6. The van der Waals surface area contributed by atoms with Crippen LogP contribution in [0.15, 0.2) is 29.9 Å². The second-order valence-electron chi connectivity index (χ2n) is 9.08. The first-order valence-electron chi connectivity index (χ1n) is 10.5. The van der Waals surface area contributed by atoms with Gasteiger partial charge in [-0.25, -0.2) is 4.79 Å². The highest BCUT2D eigenvalue weighted by atomic mass is 28.4. The van der Waals surface area contributed by atoms with Crippen LogP contribution in [0.2, 0.25) is 18.1 Å². The van der Waals surface area contributed by atoms with Gasteiger partial charge in [0.05, 0.1) is 34.5 Å². The normalized spacial score (nSPS) is 16.9. The van der Waals surface area contributed by atoms with E-state index in [1.807, 2.05) is 6.07 Å². The van der Waals surface area contributed by atoms with Crippen molar-refractivity contribution in [2.45, 2.75) is 57.8 Å². The Morgan fingerprint density at radius 1 is 1.06 bits per heavy atom. The molecule has 1 atom stereocenters. The van der Waals surface area contributed by atoms with E-state index >= 15 is 0 Å². The van der Waals surface area contributed by atoms with Gasteiger partial charge in [0.1, 0.15) is 0 Å². The number of benzene rings is 1. The number of aryl methyl sites for hydroxylation is 1. The standard InChI is InChI=1S/C24H36O6Si/c1-24(2,3)31(8,9)30-21-16(13-14-19(25)27-5)11-10-12-17-15-18(26-4)22(28-6)23(29-7)20(17)21/h11,13-15,21H,10,12H2,1-9H3/b14-13+. The van der Waals surface area contributed by atoms with Crippen molar-refractivity contribution in [3.8, 4) is 17.2 Å². The summed E-state index contributed by atoms with van der Waals surface area (Å²) >= 11 is 0. The molecule has 6 nitrogen and oxygen atoms in total. The summed E-state index contributed by atoms with van der Waals surface area (Å²) in [6.07, 6.45) is 6.52. The minimum Gasteiger partial charge on any atom is -0.493 e. The Hall–Kier alpha value is -2.25. The molecular formula is C24H36O6Si. The molecule has 1 unspecified atom stereocenters. The fraction of sp³-hybridized carbons (Fsp3) is 0.542. The molecule has 0 aromatic heterocycles. The molecule has 1 aromatic carbocycles. The van der Waals surface area contributed by atoms with E-state index in [9.17, 15) is 4.79 Å². The van der Waals surface area contributed by atoms with Crippen molar-refractivity contribution in [2.24, 2.45) is 0 Å². The lowest BCUT2D eigenvalue weighted by Gasteiger charge is -2.40. The number of rotatable bonds is 7. The average Bonchev–Trinajstić information content (AvgIpc) is 2.88. The van der Waals surface area contributed by atoms with Gasteiger partial charge in [-0.2, -0.15) is 0 Å². The second-order valence-corrected chi connectivity index (χ2v) is 13.8. The molecule has 0 spiro atoms. The summed E-state index contributed by atoms with van der Waals surface area (Å²) in [5.74, 6) is 1.35. The van der Waals surface area contributed by atoms with Gasteiger partial charge in [0.2, 0.25) is 5.75 Å². The van der Waals surface area contributed by atoms with Gasteiger partial charge in [0, 0.05) is 11.6 Å². The van der Waals surface area contributed by atoms with Crippen LogP contribution in [0.4, 0.5) is 0 Å². The van der Waals surface area contributed by atoms with Gasteiger partial charge in [0.25, 0.3) is 0 Å². The summed E-state index contributed by atoms with van der Waals surface area (Å²) in [7, 11) is 4.02. The van der Waals surface area contributed by atoms with Crippen LogP contribution in [-0.4, -0.2) is 42.7 Å². The summed E-state index contributed by atoms with van der Waals surface area (Å²) in [5, 5.41) is 0.000429. The van der Waals surface area contributed by atoms with Crippen LogP contribution in [0.5, 0.6) is 17.2 Å². The zero-order chi connectivity index (χ0) is 23.4. The van der Waals surface area contributed by atoms with Gasteiger partial charge in [-0.3, -0.25) is 0 Å². The van der Waals surface area contributed by atoms with E-state index in [0.717, 1.165) is 29.5 Å². The Morgan fingerprint density at radius 3 is 2.23 bits per heavy atom. The molecule has 1 aliphatic rings. The summed E-state index contributed by atoms with van der Waals surface area (Å²) in [4.78, 5) is 11.8. The van der Waals surface area contributed by atoms with Gasteiger partial charge in [-0.15, -0.1) is 0 Å². The van der Waals surface area contributed by atoms with Crippen LogP contribution in [0.1, 0.15) is 44.4 Å². The molecule has 7 heteroatoms. The first kappa shape index (κ1) is 25.0. The van der Waals surface area contributed by atoms with Crippen molar-refractivity contribution in [1.82, 2.24) is 0 Å². The topological polar surface area (TPSA) is 63.2 Å². The molecule has 0 radical (unpaired) electrons. The molecule has 0 fully saturated rings. The Labute approximate surface area is 187 Å². The summed E-state index contributed by atoms with van der Waals surface area (Å²) in [6, 6.07) is 2.00. The zero-order valence-corrected chi connectivity index (χ0v) is 21.3. The van der Waals surface area contributed by atoms with Crippen molar-refractivity contribution in [3.63, 3.8) is 0 Å². The number of carbonyl (C=O) groups excluding carboxylic acids is 1.